The van der Waals surface area contributed by atoms with Gasteiger partial charge in [0, 0.05) is 13.6 Å². The van der Waals surface area contributed by atoms with Crippen molar-refractivity contribution >= 4 is 5.91 Å². The van der Waals surface area contributed by atoms with Crippen LogP contribution in [0.15, 0.2) is 12.1 Å². The van der Waals surface area contributed by atoms with Gasteiger partial charge < -0.3 is 9.64 Å². The zero-order valence-electron chi connectivity index (χ0n) is 12.0. The van der Waals surface area contributed by atoms with Gasteiger partial charge in [-0.2, -0.15) is 5.26 Å². The largest absolute Gasteiger partial charge is 0.496 e. The van der Waals surface area contributed by atoms with E-state index in [9.17, 15) is 4.79 Å². The number of carbonyl (C=O) groups excluding carboxylic acids is 1. The number of methoxy groups -OCH3 is 1. The monoisotopic (exact) mass is 260 g/mol. The van der Waals surface area contributed by atoms with Crippen molar-refractivity contribution in [3.63, 3.8) is 0 Å². The lowest BCUT2D eigenvalue weighted by molar-refractivity contribution is -0.128. The number of nitrogens with zero attached hydrogens (tertiary/aromatic N) is 2. The van der Waals surface area contributed by atoms with Crippen LogP contribution in [0.2, 0.25) is 0 Å². The maximum atomic E-state index is 11.5. The number of carbonyl (C=O) groups is 1. The average Bonchev–Trinajstić information content (AvgIpc) is 2.36. The predicted molar refractivity (Wildman–Crippen MR) is 74.0 cm³/mol. The highest BCUT2D eigenvalue weighted by atomic mass is 16.5. The summed E-state index contributed by atoms with van der Waals surface area (Å²) in [5.74, 6) is 0.713. The maximum Gasteiger partial charge on any atom is 0.236 e. The van der Waals surface area contributed by atoms with Crippen LogP contribution in [-0.4, -0.2) is 31.5 Å². The molecule has 1 rings (SSSR count). The molecule has 0 aliphatic carbocycles. The molecule has 0 radical (unpaired) electrons. The Balaban J connectivity index is 2.78. The van der Waals surface area contributed by atoms with Crippen LogP contribution in [0.3, 0.4) is 0 Å². The smallest absolute Gasteiger partial charge is 0.236 e. The first kappa shape index (κ1) is 15.0. The minimum atomic E-state index is -0.147. The Morgan fingerprint density at radius 1 is 1.42 bits per heavy atom. The SMILES string of the molecule is COc1cc(C)cc(C)c1CCN(C)C(=O)CC#N. The van der Waals surface area contributed by atoms with Crippen LogP contribution in [0.25, 0.3) is 0 Å². The van der Waals surface area contributed by atoms with Gasteiger partial charge in [-0.3, -0.25) is 4.79 Å². The molecule has 0 saturated heterocycles. The number of nitriles is 1. The molecule has 1 aromatic carbocycles. The minimum absolute atomic E-state index is 0.0689. The average molecular weight is 260 g/mol. The van der Waals surface area contributed by atoms with Crippen LogP contribution < -0.4 is 4.74 Å². The van der Waals surface area contributed by atoms with Gasteiger partial charge in [0.25, 0.3) is 0 Å². The number of rotatable bonds is 5. The molecule has 102 valence electrons. The fraction of sp³-hybridized carbons (Fsp3) is 0.467. The first-order valence-electron chi connectivity index (χ1n) is 6.24. The lowest BCUT2D eigenvalue weighted by Crippen LogP contribution is -2.28. The number of likely N-dealkylation sites (N-methyl/N-ethyl adjacent to an activating group) is 1. The number of hydrogen-bond acceptors (Lipinski definition) is 3. The van der Waals surface area contributed by atoms with Crippen molar-refractivity contribution in [2.24, 2.45) is 0 Å². The highest BCUT2D eigenvalue weighted by Gasteiger charge is 2.12. The predicted octanol–water partition coefficient (Wildman–Crippen LogP) is 2.23. The zero-order chi connectivity index (χ0) is 14.4. The fourth-order valence-corrected chi connectivity index (χ4v) is 2.07. The van der Waals surface area contributed by atoms with Gasteiger partial charge in [-0.1, -0.05) is 6.07 Å². The van der Waals surface area contributed by atoms with Crippen molar-refractivity contribution in [3.8, 4) is 11.8 Å². The molecule has 0 bridgehead atoms. The molecule has 1 amide bonds. The highest BCUT2D eigenvalue weighted by Crippen LogP contribution is 2.24. The van der Waals surface area contributed by atoms with Gasteiger partial charge in [-0.05, 0) is 43.0 Å². The lowest BCUT2D eigenvalue weighted by atomic mass is 10.0. The molecule has 0 N–H and O–H groups in total. The summed E-state index contributed by atoms with van der Waals surface area (Å²) in [6, 6.07) is 5.98. The molecule has 1 aromatic rings. The van der Waals surface area contributed by atoms with E-state index < -0.39 is 0 Å². The molecule has 4 heteroatoms. The standard InChI is InChI=1S/C15H20N2O2/c1-11-9-12(2)13(14(10-11)19-4)6-8-17(3)15(18)5-7-16/h9-10H,5-6,8H2,1-4H3. The van der Waals surface area contributed by atoms with E-state index in [1.54, 1.807) is 19.1 Å². The number of hydrogen-bond donors (Lipinski definition) is 0. The zero-order valence-corrected chi connectivity index (χ0v) is 12.0. The van der Waals surface area contributed by atoms with E-state index in [2.05, 4.69) is 6.07 Å². The lowest BCUT2D eigenvalue weighted by Gasteiger charge is -2.18. The fourth-order valence-electron chi connectivity index (χ4n) is 2.07. The number of amides is 1. The van der Waals surface area contributed by atoms with Crippen molar-refractivity contribution < 1.29 is 9.53 Å². The second-order valence-corrected chi connectivity index (χ2v) is 4.66. The maximum absolute atomic E-state index is 11.5. The normalized spacial score (nSPS) is 9.84. The third-order valence-electron chi connectivity index (χ3n) is 3.15. The van der Waals surface area contributed by atoms with E-state index in [1.165, 1.54) is 0 Å². The van der Waals surface area contributed by atoms with Gasteiger partial charge in [0.05, 0.1) is 13.2 Å². The summed E-state index contributed by atoms with van der Waals surface area (Å²) in [7, 11) is 3.37. The van der Waals surface area contributed by atoms with E-state index in [0.29, 0.717) is 6.54 Å². The Bertz CT molecular complexity index is 504. The molecular formula is C15H20N2O2. The highest BCUT2D eigenvalue weighted by molar-refractivity contribution is 5.77. The third-order valence-corrected chi connectivity index (χ3v) is 3.15. The Kier molecular flexibility index (Phi) is 5.37. The Morgan fingerprint density at radius 3 is 2.68 bits per heavy atom. The summed E-state index contributed by atoms with van der Waals surface area (Å²) in [6.07, 6.45) is 0.656. The van der Waals surface area contributed by atoms with Gasteiger partial charge in [-0.25, -0.2) is 0 Å². The number of aryl methyl sites for hydroxylation is 2. The van der Waals surface area contributed by atoms with Crippen LogP contribution in [0.5, 0.6) is 5.75 Å². The van der Waals surface area contributed by atoms with Crippen LogP contribution in [0.4, 0.5) is 0 Å². The van der Waals surface area contributed by atoms with E-state index in [-0.39, 0.29) is 12.3 Å². The van der Waals surface area contributed by atoms with Gasteiger partial charge in [0.2, 0.25) is 5.91 Å². The van der Waals surface area contributed by atoms with Gasteiger partial charge in [-0.15, -0.1) is 0 Å². The summed E-state index contributed by atoms with van der Waals surface area (Å²) in [5.41, 5.74) is 3.44. The molecule has 19 heavy (non-hydrogen) atoms. The first-order chi connectivity index (χ1) is 8.99. The second-order valence-electron chi connectivity index (χ2n) is 4.66. The molecule has 0 unspecified atom stereocenters. The molecule has 0 saturated carbocycles. The summed E-state index contributed by atoms with van der Waals surface area (Å²) in [6.45, 7) is 4.66. The molecule has 4 nitrogen and oxygen atoms in total. The van der Waals surface area contributed by atoms with Crippen molar-refractivity contribution in [1.82, 2.24) is 4.90 Å². The van der Waals surface area contributed by atoms with Gasteiger partial charge in [0.15, 0.2) is 0 Å². The van der Waals surface area contributed by atoms with Crippen molar-refractivity contribution in [3.05, 3.63) is 28.8 Å². The number of benzene rings is 1. The second kappa shape index (κ2) is 6.79. The van der Waals surface area contributed by atoms with Gasteiger partial charge in [0.1, 0.15) is 12.2 Å². The van der Waals surface area contributed by atoms with Crippen molar-refractivity contribution in [1.29, 1.82) is 5.26 Å². The van der Waals surface area contributed by atoms with Crippen LogP contribution in [-0.2, 0) is 11.2 Å². The molecule has 0 heterocycles. The topological polar surface area (TPSA) is 53.3 Å². The Morgan fingerprint density at radius 2 is 2.11 bits per heavy atom. The Labute approximate surface area is 114 Å². The van der Waals surface area contributed by atoms with E-state index >= 15 is 0 Å². The van der Waals surface area contributed by atoms with Crippen molar-refractivity contribution in [2.45, 2.75) is 26.7 Å². The quantitative estimate of drug-likeness (QED) is 0.815. The number of ether oxygens (including phenoxy) is 1. The molecule has 0 aliphatic heterocycles. The molecular weight excluding hydrogens is 240 g/mol. The molecule has 0 aliphatic rings. The molecule has 0 spiro atoms. The first-order valence-corrected chi connectivity index (χ1v) is 6.24. The molecule has 0 atom stereocenters. The summed E-state index contributed by atoms with van der Waals surface area (Å²) < 4.78 is 5.39. The van der Waals surface area contributed by atoms with Crippen molar-refractivity contribution in [2.75, 3.05) is 20.7 Å². The molecule has 0 fully saturated rings. The van der Waals surface area contributed by atoms with Gasteiger partial charge >= 0.3 is 0 Å². The summed E-state index contributed by atoms with van der Waals surface area (Å²) >= 11 is 0. The minimum Gasteiger partial charge on any atom is -0.496 e. The van der Waals surface area contributed by atoms with Crippen LogP contribution in [0.1, 0.15) is 23.1 Å². The van der Waals surface area contributed by atoms with E-state index in [4.69, 9.17) is 10.00 Å². The molecule has 0 aromatic heterocycles. The summed E-state index contributed by atoms with van der Waals surface area (Å²) in [5, 5.41) is 8.51. The van der Waals surface area contributed by atoms with Crippen LogP contribution >= 0.6 is 0 Å². The summed E-state index contributed by atoms with van der Waals surface area (Å²) in [4.78, 5) is 13.1. The van der Waals surface area contributed by atoms with E-state index in [1.807, 2.05) is 26.0 Å². The van der Waals surface area contributed by atoms with E-state index in [0.717, 1.165) is 28.9 Å². The van der Waals surface area contributed by atoms with Crippen LogP contribution in [0, 0.1) is 25.2 Å². The Hall–Kier alpha value is -2.02. The third kappa shape index (κ3) is 3.99.